The van der Waals surface area contributed by atoms with Crippen molar-refractivity contribution >= 4 is 33.4 Å². The van der Waals surface area contributed by atoms with Crippen LogP contribution in [0.5, 0.6) is 5.75 Å². The third-order valence-corrected chi connectivity index (χ3v) is 3.81. The van der Waals surface area contributed by atoms with E-state index in [0.29, 0.717) is 22.9 Å². The van der Waals surface area contributed by atoms with Crippen molar-refractivity contribution < 1.29 is 9.53 Å². The molecule has 2 rings (SSSR count). The van der Waals surface area contributed by atoms with Gasteiger partial charge < -0.3 is 10.1 Å². The Morgan fingerprint density at radius 1 is 1.30 bits per heavy atom. The minimum Gasteiger partial charge on any atom is -0.496 e. The number of nitrogens with one attached hydrogen (secondary N) is 1. The molecule has 0 aliphatic rings. The third-order valence-electron chi connectivity index (χ3n) is 2.80. The van der Waals surface area contributed by atoms with Gasteiger partial charge in [0.05, 0.1) is 12.7 Å². The molecule has 0 saturated carbocycles. The molecule has 0 saturated heterocycles. The molecule has 0 heterocycles. The molecule has 1 amide bonds. The van der Waals surface area contributed by atoms with Crippen LogP contribution in [-0.2, 0) is 6.54 Å². The van der Waals surface area contributed by atoms with Gasteiger partial charge in [0.15, 0.2) is 0 Å². The van der Waals surface area contributed by atoms with Crippen molar-refractivity contribution in [2.45, 2.75) is 6.54 Å². The zero-order chi connectivity index (χ0) is 14.5. The first-order valence-electron chi connectivity index (χ1n) is 5.97. The lowest BCUT2D eigenvalue weighted by atomic mass is 10.1. The highest BCUT2D eigenvalue weighted by Gasteiger charge is 2.13. The molecule has 0 radical (unpaired) electrons. The number of hydrogen-bond donors (Lipinski definition) is 1. The lowest BCUT2D eigenvalue weighted by Crippen LogP contribution is -2.23. The van der Waals surface area contributed by atoms with E-state index in [0.717, 1.165) is 10.0 Å². The fraction of sp³-hybridized carbons (Fsp3) is 0.133. The van der Waals surface area contributed by atoms with Crippen molar-refractivity contribution in [3.05, 3.63) is 63.1 Å². The monoisotopic (exact) mass is 353 g/mol. The Morgan fingerprint density at radius 3 is 2.75 bits per heavy atom. The second-order valence-electron chi connectivity index (χ2n) is 4.12. The fourth-order valence-corrected chi connectivity index (χ4v) is 2.37. The Kier molecular flexibility index (Phi) is 5.04. The number of rotatable bonds is 4. The van der Waals surface area contributed by atoms with Crippen LogP contribution in [-0.4, -0.2) is 13.0 Å². The normalized spacial score (nSPS) is 10.2. The maximum Gasteiger partial charge on any atom is 0.255 e. The molecule has 2 aromatic carbocycles. The van der Waals surface area contributed by atoms with E-state index in [2.05, 4.69) is 21.2 Å². The van der Waals surface area contributed by atoms with E-state index in [4.69, 9.17) is 16.3 Å². The first kappa shape index (κ1) is 14.9. The number of carbonyl (C=O) groups is 1. The van der Waals surface area contributed by atoms with Crippen LogP contribution in [0.3, 0.4) is 0 Å². The Morgan fingerprint density at radius 2 is 2.05 bits per heavy atom. The number of amides is 1. The molecule has 0 atom stereocenters. The number of halogens is 2. The van der Waals surface area contributed by atoms with E-state index in [-0.39, 0.29) is 5.91 Å². The Hall–Kier alpha value is -1.52. The lowest BCUT2D eigenvalue weighted by molar-refractivity contribution is 0.0948. The maximum absolute atomic E-state index is 12.2. The van der Waals surface area contributed by atoms with Gasteiger partial charge in [-0.05, 0) is 29.8 Å². The first-order chi connectivity index (χ1) is 9.61. The van der Waals surface area contributed by atoms with Crippen LogP contribution >= 0.6 is 27.5 Å². The second kappa shape index (κ2) is 6.77. The molecule has 0 aromatic heterocycles. The highest BCUT2D eigenvalue weighted by atomic mass is 79.9. The van der Waals surface area contributed by atoms with Gasteiger partial charge in [-0.2, -0.15) is 0 Å². The summed E-state index contributed by atoms with van der Waals surface area (Å²) in [4.78, 5) is 12.2. The summed E-state index contributed by atoms with van der Waals surface area (Å²) in [5.41, 5.74) is 1.42. The predicted molar refractivity (Wildman–Crippen MR) is 83.3 cm³/mol. The zero-order valence-corrected chi connectivity index (χ0v) is 13.2. The molecular formula is C15H13BrClNO2. The minimum absolute atomic E-state index is 0.222. The zero-order valence-electron chi connectivity index (χ0n) is 10.8. The van der Waals surface area contributed by atoms with Crippen molar-refractivity contribution in [1.82, 2.24) is 5.32 Å². The van der Waals surface area contributed by atoms with Gasteiger partial charge in [0, 0.05) is 16.0 Å². The van der Waals surface area contributed by atoms with Gasteiger partial charge in [0.1, 0.15) is 5.75 Å². The van der Waals surface area contributed by atoms with E-state index in [9.17, 15) is 4.79 Å². The summed E-state index contributed by atoms with van der Waals surface area (Å²) in [5.74, 6) is 0.277. The van der Waals surface area contributed by atoms with Crippen LogP contribution in [0.1, 0.15) is 15.9 Å². The van der Waals surface area contributed by atoms with Gasteiger partial charge in [0.2, 0.25) is 0 Å². The average Bonchev–Trinajstić information content (AvgIpc) is 2.46. The molecule has 1 N–H and O–H groups in total. The lowest BCUT2D eigenvalue weighted by Gasteiger charge is -2.10. The van der Waals surface area contributed by atoms with E-state index < -0.39 is 0 Å². The van der Waals surface area contributed by atoms with Crippen LogP contribution in [0.4, 0.5) is 0 Å². The Balaban J connectivity index is 2.13. The van der Waals surface area contributed by atoms with Gasteiger partial charge in [-0.3, -0.25) is 4.79 Å². The van der Waals surface area contributed by atoms with Gasteiger partial charge in [0.25, 0.3) is 5.91 Å². The number of ether oxygens (including phenoxy) is 1. The summed E-state index contributed by atoms with van der Waals surface area (Å²) in [5, 5.41) is 3.35. The highest BCUT2D eigenvalue weighted by molar-refractivity contribution is 9.10. The standard InChI is InChI=1S/C15H13BrClNO2/c1-20-14-7-6-11(17)8-12(14)15(19)18-9-10-4-2-3-5-13(10)16/h2-8H,9H2,1H3,(H,18,19). The van der Waals surface area contributed by atoms with Crippen molar-refractivity contribution in [3.8, 4) is 5.75 Å². The van der Waals surface area contributed by atoms with Crippen LogP contribution in [0.15, 0.2) is 46.9 Å². The van der Waals surface area contributed by atoms with E-state index in [1.165, 1.54) is 7.11 Å². The molecule has 20 heavy (non-hydrogen) atoms. The van der Waals surface area contributed by atoms with Crippen molar-refractivity contribution in [2.75, 3.05) is 7.11 Å². The first-order valence-corrected chi connectivity index (χ1v) is 7.14. The highest BCUT2D eigenvalue weighted by Crippen LogP contribution is 2.23. The van der Waals surface area contributed by atoms with Gasteiger partial charge in [-0.15, -0.1) is 0 Å². The van der Waals surface area contributed by atoms with E-state index in [1.807, 2.05) is 24.3 Å². The van der Waals surface area contributed by atoms with Gasteiger partial charge in [-0.1, -0.05) is 45.7 Å². The molecule has 3 nitrogen and oxygen atoms in total. The molecule has 0 spiro atoms. The van der Waals surface area contributed by atoms with Crippen molar-refractivity contribution in [1.29, 1.82) is 0 Å². The summed E-state index contributed by atoms with van der Waals surface area (Å²) >= 11 is 9.36. The molecule has 104 valence electrons. The molecule has 2 aromatic rings. The Labute approximate surface area is 131 Å². The molecule has 0 aliphatic heterocycles. The summed E-state index contributed by atoms with van der Waals surface area (Å²) in [6.45, 7) is 0.427. The molecule has 0 bridgehead atoms. The van der Waals surface area contributed by atoms with Crippen LogP contribution < -0.4 is 10.1 Å². The fourth-order valence-electron chi connectivity index (χ4n) is 1.77. The minimum atomic E-state index is -0.222. The smallest absolute Gasteiger partial charge is 0.255 e. The second-order valence-corrected chi connectivity index (χ2v) is 5.41. The summed E-state index contributed by atoms with van der Waals surface area (Å²) in [7, 11) is 1.52. The molecule has 0 fully saturated rings. The predicted octanol–water partition coefficient (Wildman–Crippen LogP) is 4.04. The summed E-state index contributed by atoms with van der Waals surface area (Å²) in [6.07, 6.45) is 0. The SMILES string of the molecule is COc1ccc(Cl)cc1C(=O)NCc1ccccc1Br. The number of benzene rings is 2. The van der Waals surface area contributed by atoms with Crippen LogP contribution in [0.2, 0.25) is 5.02 Å². The number of methoxy groups -OCH3 is 1. The third kappa shape index (κ3) is 3.52. The number of carbonyl (C=O) groups excluding carboxylic acids is 1. The summed E-state index contributed by atoms with van der Waals surface area (Å²) in [6, 6.07) is 12.7. The summed E-state index contributed by atoms with van der Waals surface area (Å²) < 4.78 is 6.13. The molecule has 0 unspecified atom stereocenters. The average molecular weight is 355 g/mol. The van der Waals surface area contributed by atoms with Crippen LogP contribution in [0.25, 0.3) is 0 Å². The number of hydrogen-bond acceptors (Lipinski definition) is 2. The van der Waals surface area contributed by atoms with E-state index >= 15 is 0 Å². The molecular weight excluding hydrogens is 342 g/mol. The van der Waals surface area contributed by atoms with Crippen molar-refractivity contribution in [2.24, 2.45) is 0 Å². The van der Waals surface area contributed by atoms with Gasteiger partial charge >= 0.3 is 0 Å². The van der Waals surface area contributed by atoms with Gasteiger partial charge in [-0.25, -0.2) is 0 Å². The van der Waals surface area contributed by atoms with Crippen LogP contribution in [0, 0.1) is 0 Å². The quantitative estimate of drug-likeness (QED) is 0.900. The topological polar surface area (TPSA) is 38.3 Å². The Bertz CT molecular complexity index is 631. The van der Waals surface area contributed by atoms with E-state index in [1.54, 1.807) is 18.2 Å². The largest absolute Gasteiger partial charge is 0.496 e. The molecule has 0 aliphatic carbocycles. The maximum atomic E-state index is 12.2. The molecule has 5 heteroatoms. The van der Waals surface area contributed by atoms with Crippen molar-refractivity contribution in [3.63, 3.8) is 0 Å².